The highest BCUT2D eigenvalue weighted by molar-refractivity contribution is 7.00. The van der Waals surface area contributed by atoms with Crippen molar-refractivity contribution >= 4 is 28.4 Å². The fourth-order valence-electron chi connectivity index (χ4n) is 5.14. The van der Waals surface area contributed by atoms with Crippen molar-refractivity contribution in [1.82, 2.24) is 13.6 Å². The maximum atomic E-state index is 6.16. The number of aromatic nitrogens is 2. The molecule has 6 heteroatoms. The minimum Gasteiger partial charge on any atom is -0.378 e. The molecule has 5 rings (SSSR count). The van der Waals surface area contributed by atoms with Gasteiger partial charge in [-0.1, -0.05) is 18.9 Å². The molecule has 2 aliphatic heterocycles. The van der Waals surface area contributed by atoms with Crippen molar-refractivity contribution in [2.75, 3.05) is 44.2 Å². The van der Waals surface area contributed by atoms with Crippen molar-refractivity contribution in [3.8, 4) is 0 Å². The Bertz CT molecular complexity index is 749. The molecule has 0 N–H and O–H groups in total. The van der Waals surface area contributed by atoms with Crippen LogP contribution < -0.4 is 4.90 Å². The van der Waals surface area contributed by atoms with E-state index in [1.165, 1.54) is 62.5 Å². The lowest BCUT2D eigenvalue weighted by Gasteiger charge is -2.36. The quantitative estimate of drug-likeness (QED) is 0.821. The third-order valence-corrected chi connectivity index (χ3v) is 7.24. The Balaban J connectivity index is 1.13. The second-order valence-corrected chi connectivity index (χ2v) is 8.90. The molecule has 26 heavy (non-hydrogen) atoms. The van der Waals surface area contributed by atoms with Crippen LogP contribution in [-0.2, 0) is 4.74 Å². The summed E-state index contributed by atoms with van der Waals surface area (Å²) in [6.45, 7) is 6.62. The fraction of sp³-hybridized carbons (Fsp3) is 0.700. The van der Waals surface area contributed by atoms with Crippen LogP contribution in [0.1, 0.15) is 38.5 Å². The Kier molecular flexibility index (Phi) is 4.59. The zero-order valence-corrected chi connectivity index (χ0v) is 16.2. The average Bonchev–Trinajstić information content (AvgIpc) is 3.42. The monoisotopic (exact) mass is 372 g/mol. The second-order valence-electron chi connectivity index (χ2n) is 8.37. The molecule has 2 aromatic rings. The summed E-state index contributed by atoms with van der Waals surface area (Å²) in [7, 11) is 0. The van der Waals surface area contributed by atoms with Crippen molar-refractivity contribution in [1.29, 1.82) is 0 Å². The lowest BCUT2D eigenvalue weighted by Crippen LogP contribution is -2.47. The molecule has 1 aromatic heterocycles. The van der Waals surface area contributed by atoms with E-state index in [0.29, 0.717) is 11.5 Å². The van der Waals surface area contributed by atoms with E-state index < -0.39 is 0 Å². The molecule has 1 atom stereocenters. The number of rotatable bonds is 4. The molecule has 1 unspecified atom stereocenters. The maximum Gasteiger partial charge on any atom is 0.128 e. The highest BCUT2D eigenvalue weighted by atomic mass is 32.1. The largest absolute Gasteiger partial charge is 0.378 e. The van der Waals surface area contributed by atoms with E-state index in [0.717, 1.165) is 43.8 Å². The zero-order valence-electron chi connectivity index (χ0n) is 15.4. The van der Waals surface area contributed by atoms with Gasteiger partial charge in [0.25, 0.3) is 0 Å². The number of nitrogens with zero attached hydrogens (tertiary/aromatic N) is 4. The Morgan fingerprint density at radius 2 is 1.96 bits per heavy atom. The number of fused-ring (bicyclic) bond motifs is 1. The van der Waals surface area contributed by atoms with Gasteiger partial charge in [-0.3, -0.25) is 4.90 Å². The summed E-state index contributed by atoms with van der Waals surface area (Å²) >= 11 is 1.31. The van der Waals surface area contributed by atoms with Crippen LogP contribution >= 0.6 is 11.7 Å². The van der Waals surface area contributed by atoms with E-state index in [1.54, 1.807) is 0 Å². The van der Waals surface area contributed by atoms with Gasteiger partial charge in [0.05, 0.1) is 30.1 Å². The van der Waals surface area contributed by atoms with Gasteiger partial charge in [0, 0.05) is 32.7 Å². The molecule has 5 nitrogen and oxygen atoms in total. The first-order valence-electron chi connectivity index (χ1n) is 10.1. The third-order valence-electron chi connectivity index (χ3n) is 6.70. The van der Waals surface area contributed by atoms with Gasteiger partial charge in [-0.2, -0.15) is 8.75 Å². The lowest BCUT2D eigenvalue weighted by molar-refractivity contribution is 0.0804. The second kappa shape index (κ2) is 7.06. The van der Waals surface area contributed by atoms with Gasteiger partial charge < -0.3 is 9.64 Å². The van der Waals surface area contributed by atoms with E-state index in [2.05, 4.69) is 36.7 Å². The van der Waals surface area contributed by atoms with Crippen molar-refractivity contribution < 1.29 is 4.74 Å². The molecule has 1 spiro atoms. The summed E-state index contributed by atoms with van der Waals surface area (Å²) in [4.78, 5) is 5.08. The summed E-state index contributed by atoms with van der Waals surface area (Å²) in [6, 6.07) is 6.34. The van der Waals surface area contributed by atoms with Crippen LogP contribution in [0.3, 0.4) is 0 Å². The molecule has 1 aromatic carbocycles. The van der Waals surface area contributed by atoms with E-state index >= 15 is 0 Å². The highest BCUT2D eigenvalue weighted by Gasteiger charge is 2.41. The van der Waals surface area contributed by atoms with Gasteiger partial charge in [-0.15, -0.1) is 0 Å². The minimum atomic E-state index is 0.501. The van der Waals surface area contributed by atoms with Crippen molar-refractivity contribution in [3.05, 3.63) is 18.2 Å². The molecule has 3 aliphatic rings. The summed E-state index contributed by atoms with van der Waals surface area (Å²) in [6.07, 6.45) is 8.65. The van der Waals surface area contributed by atoms with Crippen LogP contribution in [-0.4, -0.2) is 59.1 Å². The average molecular weight is 373 g/mol. The SMILES string of the molecule is c1cc(N2CCN(CCC3CC4(CCCC4)CO3)CC2)c2nsnc2c1. The fourth-order valence-corrected chi connectivity index (χ4v) is 5.69. The first kappa shape index (κ1) is 16.9. The Morgan fingerprint density at radius 3 is 2.81 bits per heavy atom. The first-order valence-corrected chi connectivity index (χ1v) is 10.8. The van der Waals surface area contributed by atoms with Gasteiger partial charge in [0.1, 0.15) is 11.0 Å². The van der Waals surface area contributed by atoms with Crippen LogP contribution in [0, 0.1) is 5.41 Å². The topological polar surface area (TPSA) is 41.5 Å². The van der Waals surface area contributed by atoms with Crippen molar-refractivity contribution in [2.24, 2.45) is 5.41 Å². The van der Waals surface area contributed by atoms with Crippen LogP contribution in [0.2, 0.25) is 0 Å². The van der Waals surface area contributed by atoms with E-state index in [-0.39, 0.29) is 0 Å². The predicted octanol–water partition coefficient (Wildman–Crippen LogP) is 3.55. The van der Waals surface area contributed by atoms with Crippen LogP contribution in [0.5, 0.6) is 0 Å². The Morgan fingerprint density at radius 1 is 1.12 bits per heavy atom. The van der Waals surface area contributed by atoms with Gasteiger partial charge >= 0.3 is 0 Å². The standard InChI is InChI=1S/C20H28N4OS/c1-2-8-20(7-1)14-16(25-15-20)6-9-23-10-12-24(13-11-23)18-5-3-4-17-19(18)22-26-21-17/h3-5,16H,1-2,6-15H2. The predicted molar refractivity (Wildman–Crippen MR) is 106 cm³/mol. The van der Waals surface area contributed by atoms with Gasteiger partial charge in [-0.05, 0) is 43.2 Å². The molecule has 1 saturated carbocycles. The number of ether oxygens (including phenoxy) is 1. The highest BCUT2D eigenvalue weighted by Crippen LogP contribution is 2.47. The van der Waals surface area contributed by atoms with Crippen LogP contribution in [0.4, 0.5) is 5.69 Å². The smallest absolute Gasteiger partial charge is 0.128 e. The van der Waals surface area contributed by atoms with E-state index in [9.17, 15) is 0 Å². The third kappa shape index (κ3) is 3.23. The van der Waals surface area contributed by atoms with Gasteiger partial charge in [0.15, 0.2) is 0 Å². The van der Waals surface area contributed by atoms with Crippen molar-refractivity contribution in [3.63, 3.8) is 0 Å². The van der Waals surface area contributed by atoms with Crippen molar-refractivity contribution in [2.45, 2.75) is 44.6 Å². The summed E-state index contributed by atoms with van der Waals surface area (Å²) in [5.74, 6) is 0. The summed E-state index contributed by atoms with van der Waals surface area (Å²) in [5.41, 5.74) is 3.89. The Hall–Kier alpha value is -1.24. The van der Waals surface area contributed by atoms with E-state index in [4.69, 9.17) is 4.74 Å². The summed E-state index contributed by atoms with van der Waals surface area (Å²) in [5, 5.41) is 0. The molecule has 0 radical (unpaired) electrons. The number of hydrogen-bond acceptors (Lipinski definition) is 6. The number of benzene rings is 1. The number of anilines is 1. The van der Waals surface area contributed by atoms with Crippen LogP contribution in [0.25, 0.3) is 11.0 Å². The van der Waals surface area contributed by atoms with Gasteiger partial charge in [0.2, 0.25) is 0 Å². The number of hydrogen-bond donors (Lipinski definition) is 0. The minimum absolute atomic E-state index is 0.501. The molecule has 0 amide bonds. The van der Waals surface area contributed by atoms with Gasteiger partial charge in [-0.25, -0.2) is 0 Å². The molecule has 140 valence electrons. The molecule has 3 heterocycles. The summed E-state index contributed by atoms with van der Waals surface area (Å²) < 4.78 is 15.0. The molecular formula is C20H28N4OS. The first-order chi connectivity index (χ1) is 12.8. The molecule has 3 fully saturated rings. The zero-order chi connectivity index (χ0) is 17.4. The normalized spacial score (nSPS) is 26.3. The van der Waals surface area contributed by atoms with Crippen LogP contribution in [0.15, 0.2) is 18.2 Å². The Labute approximate surface area is 159 Å². The lowest BCUT2D eigenvalue weighted by atomic mass is 9.83. The van der Waals surface area contributed by atoms with E-state index in [1.807, 2.05) is 0 Å². The number of piperazine rings is 1. The molecular weight excluding hydrogens is 344 g/mol. The molecule has 0 bridgehead atoms. The maximum absolute atomic E-state index is 6.16. The molecule has 1 aliphatic carbocycles. The molecule has 2 saturated heterocycles.